The van der Waals surface area contributed by atoms with Crippen LogP contribution in [0, 0.1) is 0 Å². The van der Waals surface area contributed by atoms with E-state index in [4.69, 9.17) is 4.42 Å². The SMILES string of the molecule is CN(C)CCC(=O)Cc1ccco1. The highest BCUT2D eigenvalue weighted by Gasteiger charge is 2.05. The van der Waals surface area contributed by atoms with Crippen molar-refractivity contribution in [3.05, 3.63) is 24.2 Å². The minimum Gasteiger partial charge on any atom is -0.469 e. The summed E-state index contributed by atoms with van der Waals surface area (Å²) in [5.74, 6) is 0.979. The number of ketones is 1. The van der Waals surface area contributed by atoms with Crippen molar-refractivity contribution in [1.82, 2.24) is 4.90 Å². The first kappa shape index (κ1) is 9.99. The zero-order valence-corrected chi connectivity index (χ0v) is 8.12. The summed E-state index contributed by atoms with van der Waals surface area (Å²) in [5.41, 5.74) is 0. The number of rotatable bonds is 5. The molecule has 13 heavy (non-hydrogen) atoms. The normalized spacial score (nSPS) is 10.7. The van der Waals surface area contributed by atoms with E-state index in [1.54, 1.807) is 12.3 Å². The summed E-state index contributed by atoms with van der Waals surface area (Å²) in [4.78, 5) is 13.3. The Hall–Kier alpha value is -1.09. The molecule has 0 atom stereocenters. The number of hydrogen-bond donors (Lipinski definition) is 0. The molecule has 0 aliphatic heterocycles. The maximum atomic E-state index is 11.3. The van der Waals surface area contributed by atoms with Crippen molar-refractivity contribution in [1.29, 1.82) is 0 Å². The summed E-state index contributed by atoms with van der Waals surface area (Å²) in [7, 11) is 3.92. The average Bonchev–Trinajstić information content (AvgIpc) is 2.53. The Labute approximate surface area is 78.3 Å². The molecule has 0 unspecified atom stereocenters. The molecule has 0 aromatic carbocycles. The molecule has 3 nitrogen and oxygen atoms in total. The van der Waals surface area contributed by atoms with Crippen molar-refractivity contribution in [3.8, 4) is 0 Å². The van der Waals surface area contributed by atoms with E-state index in [1.165, 1.54) is 0 Å². The minimum absolute atomic E-state index is 0.226. The zero-order valence-electron chi connectivity index (χ0n) is 8.12. The molecule has 1 aromatic heterocycles. The fourth-order valence-corrected chi connectivity index (χ4v) is 1.04. The van der Waals surface area contributed by atoms with Gasteiger partial charge in [-0.1, -0.05) is 0 Å². The smallest absolute Gasteiger partial charge is 0.141 e. The van der Waals surface area contributed by atoms with E-state index in [0.29, 0.717) is 12.8 Å². The van der Waals surface area contributed by atoms with Crippen molar-refractivity contribution >= 4 is 5.78 Å². The Balaban J connectivity index is 2.26. The van der Waals surface area contributed by atoms with Crippen LogP contribution in [0.2, 0.25) is 0 Å². The summed E-state index contributed by atoms with van der Waals surface area (Å²) < 4.78 is 5.08. The predicted octanol–water partition coefficient (Wildman–Crippen LogP) is 1.34. The van der Waals surface area contributed by atoms with Gasteiger partial charge in [0.1, 0.15) is 11.5 Å². The van der Waals surface area contributed by atoms with Gasteiger partial charge in [-0.25, -0.2) is 0 Å². The molecule has 72 valence electrons. The van der Waals surface area contributed by atoms with Crippen LogP contribution in [0.25, 0.3) is 0 Å². The number of hydrogen-bond acceptors (Lipinski definition) is 3. The number of nitrogens with zero attached hydrogens (tertiary/aromatic N) is 1. The number of furan rings is 1. The molecular formula is C10H15NO2. The molecule has 0 saturated heterocycles. The molecule has 1 rings (SSSR count). The molecule has 1 heterocycles. The van der Waals surface area contributed by atoms with Crippen molar-refractivity contribution in [2.75, 3.05) is 20.6 Å². The van der Waals surface area contributed by atoms with Gasteiger partial charge < -0.3 is 9.32 Å². The fraction of sp³-hybridized carbons (Fsp3) is 0.500. The number of Topliss-reactive ketones (excluding diaryl/α,β-unsaturated/α-hetero) is 1. The Kier molecular flexibility index (Phi) is 3.71. The summed E-state index contributed by atoms with van der Waals surface area (Å²) in [6.07, 6.45) is 2.60. The Bertz CT molecular complexity index is 252. The Morgan fingerprint density at radius 2 is 2.31 bits per heavy atom. The highest BCUT2D eigenvalue weighted by Crippen LogP contribution is 2.02. The first-order chi connectivity index (χ1) is 6.18. The van der Waals surface area contributed by atoms with Crippen LogP contribution in [0.1, 0.15) is 12.2 Å². The second kappa shape index (κ2) is 4.82. The van der Waals surface area contributed by atoms with Gasteiger partial charge in [0.25, 0.3) is 0 Å². The lowest BCUT2D eigenvalue weighted by atomic mass is 10.2. The molecule has 0 N–H and O–H groups in total. The summed E-state index contributed by atoms with van der Waals surface area (Å²) >= 11 is 0. The number of carbonyl (C=O) groups excluding carboxylic acids is 1. The van der Waals surface area contributed by atoms with Gasteiger partial charge in [0, 0.05) is 13.0 Å². The monoisotopic (exact) mass is 181 g/mol. The topological polar surface area (TPSA) is 33.5 Å². The molecule has 1 aromatic rings. The second-order valence-corrected chi connectivity index (χ2v) is 3.35. The highest BCUT2D eigenvalue weighted by atomic mass is 16.3. The third-order valence-corrected chi connectivity index (χ3v) is 1.79. The van der Waals surface area contributed by atoms with Crippen LogP contribution >= 0.6 is 0 Å². The first-order valence-corrected chi connectivity index (χ1v) is 4.37. The van der Waals surface area contributed by atoms with Crippen molar-refractivity contribution in [3.63, 3.8) is 0 Å². The van der Waals surface area contributed by atoms with Crippen LogP contribution < -0.4 is 0 Å². The molecule has 0 aliphatic carbocycles. The lowest BCUT2D eigenvalue weighted by molar-refractivity contribution is -0.118. The van der Waals surface area contributed by atoms with Gasteiger partial charge in [0.15, 0.2) is 0 Å². The average molecular weight is 181 g/mol. The fourth-order valence-electron chi connectivity index (χ4n) is 1.04. The molecule has 0 spiro atoms. The molecule has 0 radical (unpaired) electrons. The molecular weight excluding hydrogens is 166 g/mol. The van der Waals surface area contributed by atoms with Crippen molar-refractivity contribution in [2.24, 2.45) is 0 Å². The van der Waals surface area contributed by atoms with Gasteiger partial charge in [-0.05, 0) is 26.2 Å². The molecule has 0 amide bonds. The Morgan fingerprint density at radius 1 is 1.54 bits per heavy atom. The maximum Gasteiger partial charge on any atom is 0.141 e. The third-order valence-electron chi connectivity index (χ3n) is 1.79. The van der Waals surface area contributed by atoms with Gasteiger partial charge >= 0.3 is 0 Å². The third kappa shape index (κ3) is 3.90. The lowest BCUT2D eigenvalue weighted by Gasteiger charge is -2.07. The highest BCUT2D eigenvalue weighted by molar-refractivity contribution is 5.80. The zero-order chi connectivity index (χ0) is 9.68. The summed E-state index contributed by atoms with van der Waals surface area (Å²) in [6.45, 7) is 0.805. The van der Waals surface area contributed by atoms with Crippen LogP contribution in [0.4, 0.5) is 0 Å². The predicted molar refractivity (Wildman–Crippen MR) is 50.6 cm³/mol. The maximum absolute atomic E-state index is 11.3. The van der Waals surface area contributed by atoms with E-state index < -0.39 is 0 Å². The van der Waals surface area contributed by atoms with E-state index >= 15 is 0 Å². The number of carbonyl (C=O) groups is 1. The van der Waals surface area contributed by atoms with E-state index in [-0.39, 0.29) is 5.78 Å². The molecule has 3 heteroatoms. The second-order valence-electron chi connectivity index (χ2n) is 3.35. The van der Waals surface area contributed by atoms with E-state index in [0.717, 1.165) is 12.3 Å². The molecule has 0 aliphatic rings. The van der Waals surface area contributed by atoms with Gasteiger partial charge in [0.05, 0.1) is 12.7 Å². The molecule has 0 bridgehead atoms. The van der Waals surface area contributed by atoms with E-state index in [1.807, 2.05) is 25.1 Å². The lowest BCUT2D eigenvalue weighted by Crippen LogP contribution is -2.17. The van der Waals surface area contributed by atoms with E-state index in [9.17, 15) is 4.79 Å². The first-order valence-electron chi connectivity index (χ1n) is 4.37. The van der Waals surface area contributed by atoms with Gasteiger partial charge in [-0.15, -0.1) is 0 Å². The van der Waals surface area contributed by atoms with Crippen LogP contribution in [0.5, 0.6) is 0 Å². The van der Waals surface area contributed by atoms with Crippen LogP contribution in [0.15, 0.2) is 22.8 Å². The Morgan fingerprint density at radius 3 is 2.85 bits per heavy atom. The van der Waals surface area contributed by atoms with E-state index in [2.05, 4.69) is 0 Å². The minimum atomic E-state index is 0.226. The van der Waals surface area contributed by atoms with Crippen molar-refractivity contribution in [2.45, 2.75) is 12.8 Å². The van der Waals surface area contributed by atoms with Gasteiger partial charge in [-0.3, -0.25) is 4.79 Å². The summed E-state index contributed by atoms with van der Waals surface area (Å²) in [6, 6.07) is 3.63. The quantitative estimate of drug-likeness (QED) is 0.687. The largest absolute Gasteiger partial charge is 0.469 e. The van der Waals surface area contributed by atoms with Crippen LogP contribution in [-0.4, -0.2) is 31.3 Å². The van der Waals surface area contributed by atoms with Crippen LogP contribution in [0.3, 0.4) is 0 Å². The van der Waals surface area contributed by atoms with Crippen molar-refractivity contribution < 1.29 is 9.21 Å². The molecule has 0 saturated carbocycles. The molecule has 0 fully saturated rings. The van der Waals surface area contributed by atoms with Crippen LogP contribution in [-0.2, 0) is 11.2 Å². The van der Waals surface area contributed by atoms with Gasteiger partial charge in [0.2, 0.25) is 0 Å². The summed E-state index contributed by atoms with van der Waals surface area (Å²) in [5, 5.41) is 0. The standard InChI is InChI=1S/C10H15NO2/c1-11(2)6-5-9(12)8-10-4-3-7-13-10/h3-4,7H,5-6,8H2,1-2H3. The van der Waals surface area contributed by atoms with Gasteiger partial charge in [-0.2, -0.15) is 0 Å².